The Hall–Kier alpha value is -1.67. The number of rotatable bonds is 4. The molecule has 8 nitrogen and oxygen atoms in total. The van der Waals surface area contributed by atoms with Crippen LogP contribution in [0.3, 0.4) is 0 Å². The maximum Gasteiger partial charge on any atom is 0.414 e. The number of nitrogens with zero attached hydrogens (tertiary/aromatic N) is 1. The molecule has 0 aliphatic carbocycles. The Morgan fingerprint density at radius 3 is 1.53 bits per heavy atom. The Balaban J connectivity index is 0. The van der Waals surface area contributed by atoms with Crippen molar-refractivity contribution in [1.82, 2.24) is 0 Å². The van der Waals surface area contributed by atoms with Gasteiger partial charge in [-0.25, -0.2) is 9.59 Å². The molecule has 0 aromatic heterocycles. The maximum atomic E-state index is 10.1. The summed E-state index contributed by atoms with van der Waals surface area (Å²) < 4.78 is 0.578. The molecule has 0 amide bonds. The minimum absolute atomic E-state index is 0.171. The summed E-state index contributed by atoms with van der Waals surface area (Å²) in [6.45, 7) is 0.465. The number of carboxylic acids is 3. The van der Waals surface area contributed by atoms with Gasteiger partial charge in [-0.3, -0.25) is 4.79 Å². The largest absolute Gasteiger partial charge is 0.481 e. The monoisotopic (exact) mass is 252 g/mol. The summed E-state index contributed by atoms with van der Waals surface area (Å²) in [6, 6.07) is 0. The Labute approximate surface area is 98.3 Å². The SMILES string of the molecule is C[N+](C)(C)CC(O)CC(=O)O.O=C(O)C(=O)O. The second-order valence-corrected chi connectivity index (χ2v) is 4.33. The summed E-state index contributed by atoms with van der Waals surface area (Å²) in [7, 11) is 5.72. The Morgan fingerprint density at radius 2 is 1.35 bits per heavy atom. The van der Waals surface area contributed by atoms with Crippen LogP contribution in [-0.4, -0.2) is 76.6 Å². The van der Waals surface area contributed by atoms with Crippen LogP contribution >= 0.6 is 0 Å². The van der Waals surface area contributed by atoms with Crippen molar-refractivity contribution in [2.24, 2.45) is 0 Å². The van der Waals surface area contributed by atoms with Crippen molar-refractivity contribution in [3.63, 3.8) is 0 Å². The molecule has 0 aliphatic rings. The number of aliphatic hydroxyl groups excluding tert-OH is 1. The molecule has 0 fully saturated rings. The van der Waals surface area contributed by atoms with E-state index in [1.807, 2.05) is 21.1 Å². The molecular formula is C9H18NO7+. The molecule has 8 heteroatoms. The van der Waals surface area contributed by atoms with E-state index in [1.54, 1.807) is 0 Å². The lowest BCUT2D eigenvalue weighted by Crippen LogP contribution is -2.42. The second-order valence-electron chi connectivity index (χ2n) is 4.33. The van der Waals surface area contributed by atoms with Gasteiger partial charge in [0.05, 0.1) is 27.6 Å². The number of carbonyl (C=O) groups is 3. The molecule has 0 saturated carbocycles. The smallest absolute Gasteiger partial charge is 0.414 e. The van der Waals surface area contributed by atoms with Gasteiger partial charge >= 0.3 is 17.9 Å². The minimum Gasteiger partial charge on any atom is -0.481 e. The van der Waals surface area contributed by atoms with E-state index < -0.39 is 24.0 Å². The number of aliphatic hydroxyl groups is 1. The van der Waals surface area contributed by atoms with Gasteiger partial charge in [-0.15, -0.1) is 0 Å². The van der Waals surface area contributed by atoms with Crippen LogP contribution in [-0.2, 0) is 14.4 Å². The fourth-order valence-corrected chi connectivity index (χ4v) is 0.898. The summed E-state index contributed by atoms with van der Waals surface area (Å²) >= 11 is 0. The third-order valence-electron chi connectivity index (χ3n) is 1.35. The highest BCUT2D eigenvalue weighted by atomic mass is 16.4. The maximum absolute atomic E-state index is 10.1. The first-order valence-electron chi connectivity index (χ1n) is 4.62. The topological polar surface area (TPSA) is 132 Å². The van der Waals surface area contributed by atoms with Gasteiger partial charge in [0, 0.05) is 0 Å². The van der Waals surface area contributed by atoms with Crippen molar-refractivity contribution in [1.29, 1.82) is 0 Å². The lowest BCUT2D eigenvalue weighted by molar-refractivity contribution is -0.873. The van der Waals surface area contributed by atoms with Crippen molar-refractivity contribution < 1.29 is 39.3 Å². The molecule has 17 heavy (non-hydrogen) atoms. The number of carboxylic acid groups (broad SMARTS) is 3. The van der Waals surface area contributed by atoms with Gasteiger partial charge < -0.3 is 24.9 Å². The summed E-state index contributed by atoms with van der Waals surface area (Å²) in [5.41, 5.74) is 0. The first-order chi connectivity index (χ1) is 7.45. The van der Waals surface area contributed by atoms with Crippen LogP contribution < -0.4 is 0 Å². The highest BCUT2D eigenvalue weighted by Gasteiger charge is 2.17. The summed E-state index contributed by atoms with van der Waals surface area (Å²) in [6.07, 6.45) is -0.914. The Morgan fingerprint density at radius 1 is 1.00 bits per heavy atom. The molecule has 0 bridgehead atoms. The number of aliphatic carboxylic acids is 3. The van der Waals surface area contributed by atoms with Gasteiger partial charge in [0.25, 0.3) is 0 Å². The van der Waals surface area contributed by atoms with Crippen LogP contribution in [0, 0.1) is 0 Å². The quantitative estimate of drug-likeness (QED) is 0.360. The van der Waals surface area contributed by atoms with Gasteiger partial charge in [0.15, 0.2) is 0 Å². The van der Waals surface area contributed by atoms with Crippen molar-refractivity contribution in [2.45, 2.75) is 12.5 Å². The van der Waals surface area contributed by atoms with Gasteiger partial charge in [-0.1, -0.05) is 0 Å². The first-order valence-corrected chi connectivity index (χ1v) is 4.62. The van der Waals surface area contributed by atoms with Crippen molar-refractivity contribution >= 4 is 17.9 Å². The molecule has 0 saturated heterocycles. The van der Waals surface area contributed by atoms with Crippen LogP contribution in [0.2, 0.25) is 0 Å². The first kappa shape index (κ1) is 17.7. The average molecular weight is 252 g/mol. The zero-order chi connectivity index (χ0) is 14.2. The van der Waals surface area contributed by atoms with Crippen LogP contribution in [0.25, 0.3) is 0 Å². The lowest BCUT2D eigenvalue weighted by Gasteiger charge is -2.25. The van der Waals surface area contributed by atoms with Crippen LogP contribution in [0.4, 0.5) is 0 Å². The molecule has 0 radical (unpaired) electrons. The van der Waals surface area contributed by atoms with E-state index in [1.165, 1.54) is 0 Å². The van der Waals surface area contributed by atoms with Gasteiger partial charge in [0.1, 0.15) is 12.6 Å². The van der Waals surface area contributed by atoms with E-state index in [0.717, 1.165) is 0 Å². The molecule has 0 rings (SSSR count). The summed E-state index contributed by atoms with van der Waals surface area (Å²) in [5, 5.41) is 32.3. The number of likely N-dealkylation sites (N-methyl/N-ethyl adjacent to an activating group) is 1. The molecule has 1 atom stereocenters. The fraction of sp³-hybridized carbons (Fsp3) is 0.667. The summed E-state index contributed by atoms with van der Waals surface area (Å²) in [4.78, 5) is 28.3. The number of hydrogen-bond acceptors (Lipinski definition) is 4. The van der Waals surface area contributed by atoms with E-state index in [9.17, 15) is 4.79 Å². The number of quaternary nitrogens is 1. The van der Waals surface area contributed by atoms with Crippen molar-refractivity contribution in [3.05, 3.63) is 0 Å². The highest BCUT2D eigenvalue weighted by Crippen LogP contribution is 1.98. The van der Waals surface area contributed by atoms with Gasteiger partial charge in [-0.2, -0.15) is 0 Å². The van der Waals surface area contributed by atoms with Crippen LogP contribution in [0.1, 0.15) is 6.42 Å². The van der Waals surface area contributed by atoms with Crippen molar-refractivity contribution in [3.8, 4) is 0 Å². The molecule has 100 valence electrons. The highest BCUT2D eigenvalue weighted by molar-refractivity contribution is 6.27. The second kappa shape index (κ2) is 7.58. The predicted octanol–water partition coefficient (Wildman–Crippen LogP) is -1.32. The van der Waals surface area contributed by atoms with Crippen LogP contribution in [0.5, 0.6) is 0 Å². The standard InChI is InChI=1S/C7H15NO3.C2H2O4/c1-8(2,3)5-6(9)4-7(10)11;3-1(4)2(5)6/h6,9H,4-5H2,1-3H3;(H,3,4)(H,5,6)/p+1. The van der Waals surface area contributed by atoms with E-state index in [2.05, 4.69) is 0 Å². The average Bonchev–Trinajstić information content (AvgIpc) is 1.98. The Bertz CT molecular complexity index is 270. The van der Waals surface area contributed by atoms with Crippen LogP contribution in [0.15, 0.2) is 0 Å². The third kappa shape index (κ3) is 17.0. The molecule has 1 unspecified atom stereocenters. The molecule has 0 spiro atoms. The zero-order valence-electron chi connectivity index (χ0n) is 9.95. The fourth-order valence-electron chi connectivity index (χ4n) is 0.898. The predicted molar refractivity (Wildman–Crippen MR) is 56.4 cm³/mol. The molecule has 0 aromatic carbocycles. The third-order valence-corrected chi connectivity index (χ3v) is 1.35. The zero-order valence-corrected chi connectivity index (χ0v) is 9.95. The van der Waals surface area contributed by atoms with Gasteiger partial charge in [0.2, 0.25) is 0 Å². The van der Waals surface area contributed by atoms with E-state index in [0.29, 0.717) is 11.0 Å². The number of hydrogen-bond donors (Lipinski definition) is 4. The van der Waals surface area contributed by atoms with Crippen molar-refractivity contribution in [2.75, 3.05) is 27.7 Å². The Kier molecular flexibility index (Phi) is 7.90. The molecule has 0 heterocycles. The molecule has 4 N–H and O–H groups in total. The van der Waals surface area contributed by atoms with E-state index >= 15 is 0 Å². The van der Waals surface area contributed by atoms with Gasteiger partial charge in [-0.05, 0) is 0 Å². The molecular weight excluding hydrogens is 234 g/mol. The summed E-state index contributed by atoms with van der Waals surface area (Å²) in [5.74, 6) is -4.60. The molecule has 0 aliphatic heterocycles. The molecule has 0 aromatic rings. The lowest BCUT2D eigenvalue weighted by atomic mass is 10.2. The van der Waals surface area contributed by atoms with E-state index in [-0.39, 0.29) is 6.42 Å². The minimum atomic E-state index is -1.82. The normalized spacial score (nSPS) is 12.0. The van der Waals surface area contributed by atoms with E-state index in [4.69, 9.17) is 30.0 Å².